The van der Waals surface area contributed by atoms with Crippen LogP contribution in [0.2, 0.25) is 0 Å². The van der Waals surface area contributed by atoms with Crippen molar-refractivity contribution in [3.63, 3.8) is 0 Å². The summed E-state index contributed by atoms with van der Waals surface area (Å²) in [5.41, 5.74) is 0. The molecule has 0 aliphatic carbocycles. The first-order chi connectivity index (χ1) is 6.70. The smallest absolute Gasteiger partial charge is 0.303 e. The second-order valence-corrected chi connectivity index (χ2v) is 3.14. The first kappa shape index (κ1) is 10.6. The molecular weight excluding hydrogens is 182 g/mol. The zero-order valence-electron chi connectivity index (χ0n) is 8.23. The number of hydrogen-bond donors (Lipinski definition) is 2. The lowest BCUT2D eigenvalue weighted by molar-refractivity contribution is -0.137. The first-order valence-corrected chi connectivity index (χ1v) is 4.63. The molecule has 0 radical (unpaired) electrons. The molecule has 0 aromatic carbocycles. The number of carbonyl (C=O) groups is 1. The largest absolute Gasteiger partial charge is 0.481 e. The monoisotopic (exact) mass is 197 g/mol. The van der Waals surface area contributed by atoms with E-state index in [4.69, 9.17) is 5.11 Å². The summed E-state index contributed by atoms with van der Waals surface area (Å²) in [4.78, 5) is 14.3. The Balaban J connectivity index is 2.10. The Morgan fingerprint density at radius 3 is 3.00 bits per heavy atom. The maximum atomic E-state index is 10.2. The first-order valence-electron chi connectivity index (χ1n) is 4.63. The third-order valence-electron chi connectivity index (χ3n) is 1.92. The molecule has 0 fully saturated rings. The van der Waals surface area contributed by atoms with Crippen LogP contribution in [0.25, 0.3) is 0 Å². The van der Waals surface area contributed by atoms with Gasteiger partial charge in [0.1, 0.15) is 0 Å². The predicted molar refractivity (Wildman–Crippen MR) is 53.2 cm³/mol. The SMILES string of the molecule is Cn1ccnc1NCCCCC(=O)O. The van der Waals surface area contributed by atoms with Gasteiger partial charge in [0.2, 0.25) is 5.95 Å². The summed E-state index contributed by atoms with van der Waals surface area (Å²) < 4.78 is 1.89. The van der Waals surface area contributed by atoms with E-state index in [1.807, 2.05) is 17.8 Å². The number of aliphatic carboxylic acids is 1. The van der Waals surface area contributed by atoms with E-state index in [2.05, 4.69) is 10.3 Å². The molecule has 2 N–H and O–H groups in total. The summed E-state index contributed by atoms with van der Waals surface area (Å²) in [6.45, 7) is 0.762. The van der Waals surface area contributed by atoms with Gasteiger partial charge < -0.3 is 15.0 Å². The van der Waals surface area contributed by atoms with E-state index in [1.54, 1.807) is 6.20 Å². The highest BCUT2D eigenvalue weighted by Gasteiger charge is 1.98. The fraction of sp³-hybridized carbons (Fsp3) is 0.556. The molecule has 1 aromatic rings. The summed E-state index contributed by atoms with van der Waals surface area (Å²) >= 11 is 0. The zero-order valence-corrected chi connectivity index (χ0v) is 8.23. The third-order valence-corrected chi connectivity index (χ3v) is 1.92. The predicted octanol–water partition coefficient (Wildman–Crippen LogP) is 1.09. The van der Waals surface area contributed by atoms with Gasteiger partial charge in [-0.15, -0.1) is 0 Å². The Morgan fingerprint density at radius 2 is 2.43 bits per heavy atom. The Morgan fingerprint density at radius 1 is 1.64 bits per heavy atom. The van der Waals surface area contributed by atoms with Gasteiger partial charge in [0, 0.05) is 32.4 Å². The number of anilines is 1. The molecule has 0 spiro atoms. The van der Waals surface area contributed by atoms with Crippen LogP contribution in [-0.4, -0.2) is 27.2 Å². The van der Waals surface area contributed by atoms with Crippen LogP contribution in [0.1, 0.15) is 19.3 Å². The molecule has 0 amide bonds. The van der Waals surface area contributed by atoms with E-state index in [1.165, 1.54) is 0 Å². The van der Waals surface area contributed by atoms with Crippen molar-refractivity contribution >= 4 is 11.9 Å². The Bertz CT molecular complexity index is 296. The summed E-state index contributed by atoms with van der Waals surface area (Å²) in [7, 11) is 1.91. The molecule has 14 heavy (non-hydrogen) atoms. The quantitative estimate of drug-likeness (QED) is 0.670. The molecule has 0 aliphatic rings. The number of hydrogen-bond acceptors (Lipinski definition) is 3. The van der Waals surface area contributed by atoms with Crippen molar-refractivity contribution in [2.24, 2.45) is 7.05 Å². The van der Waals surface area contributed by atoms with Crippen LogP contribution >= 0.6 is 0 Å². The number of imidazole rings is 1. The molecule has 1 rings (SSSR count). The summed E-state index contributed by atoms with van der Waals surface area (Å²) in [5, 5.41) is 11.5. The van der Waals surface area contributed by atoms with Gasteiger partial charge >= 0.3 is 5.97 Å². The average Bonchev–Trinajstić information content (AvgIpc) is 2.51. The second-order valence-electron chi connectivity index (χ2n) is 3.14. The van der Waals surface area contributed by atoms with Gasteiger partial charge in [-0.2, -0.15) is 0 Å². The average molecular weight is 197 g/mol. The standard InChI is InChI=1S/C9H15N3O2/c1-12-7-6-11-9(12)10-5-3-2-4-8(13)14/h6-7H,2-5H2,1H3,(H,10,11)(H,13,14). The summed E-state index contributed by atoms with van der Waals surface area (Å²) in [6.07, 6.45) is 5.37. The van der Waals surface area contributed by atoms with Gasteiger partial charge in [0.05, 0.1) is 0 Å². The van der Waals surface area contributed by atoms with Crippen LogP contribution in [-0.2, 0) is 11.8 Å². The van der Waals surface area contributed by atoms with Gasteiger partial charge in [-0.1, -0.05) is 0 Å². The van der Waals surface area contributed by atoms with E-state index in [0.29, 0.717) is 6.42 Å². The van der Waals surface area contributed by atoms with Gasteiger partial charge in [0.25, 0.3) is 0 Å². The minimum absolute atomic E-state index is 0.238. The highest BCUT2D eigenvalue weighted by molar-refractivity contribution is 5.66. The fourth-order valence-corrected chi connectivity index (χ4v) is 1.14. The fourth-order valence-electron chi connectivity index (χ4n) is 1.14. The van der Waals surface area contributed by atoms with Crippen molar-refractivity contribution in [1.82, 2.24) is 9.55 Å². The molecular formula is C9H15N3O2. The molecule has 1 aromatic heterocycles. The van der Waals surface area contributed by atoms with Crippen LogP contribution < -0.4 is 5.32 Å². The van der Waals surface area contributed by atoms with E-state index < -0.39 is 5.97 Å². The van der Waals surface area contributed by atoms with Crippen molar-refractivity contribution < 1.29 is 9.90 Å². The molecule has 0 bridgehead atoms. The van der Waals surface area contributed by atoms with Gasteiger partial charge in [-0.05, 0) is 12.8 Å². The molecule has 1 heterocycles. The van der Waals surface area contributed by atoms with Gasteiger partial charge in [-0.25, -0.2) is 4.98 Å². The lowest BCUT2D eigenvalue weighted by Gasteiger charge is -2.04. The van der Waals surface area contributed by atoms with Crippen LogP contribution in [0.15, 0.2) is 12.4 Å². The van der Waals surface area contributed by atoms with Crippen LogP contribution in [0.3, 0.4) is 0 Å². The number of carboxylic acid groups (broad SMARTS) is 1. The zero-order chi connectivity index (χ0) is 10.4. The number of nitrogens with zero attached hydrogens (tertiary/aromatic N) is 2. The Labute approximate surface area is 82.8 Å². The lowest BCUT2D eigenvalue weighted by atomic mass is 10.2. The normalized spacial score (nSPS) is 10.1. The molecule has 0 unspecified atom stereocenters. The Hall–Kier alpha value is -1.52. The van der Waals surface area contributed by atoms with Crippen molar-refractivity contribution in [3.8, 4) is 0 Å². The third kappa shape index (κ3) is 3.47. The minimum atomic E-state index is -0.734. The topological polar surface area (TPSA) is 67.2 Å². The van der Waals surface area contributed by atoms with E-state index >= 15 is 0 Å². The molecule has 0 aliphatic heterocycles. The number of unbranched alkanes of at least 4 members (excludes halogenated alkanes) is 1. The maximum absolute atomic E-state index is 10.2. The van der Waals surface area contributed by atoms with Crippen molar-refractivity contribution in [2.75, 3.05) is 11.9 Å². The number of aryl methyl sites for hydroxylation is 1. The number of aromatic nitrogens is 2. The maximum Gasteiger partial charge on any atom is 0.303 e. The number of carboxylic acids is 1. The lowest BCUT2D eigenvalue weighted by Crippen LogP contribution is -2.07. The highest BCUT2D eigenvalue weighted by Crippen LogP contribution is 2.02. The van der Waals surface area contributed by atoms with Gasteiger partial charge in [-0.3, -0.25) is 4.79 Å². The Kier molecular flexibility index (Phi) is 3.97. The van der Waals surface area contributed by atoms with Gasteiger partial charge in [0.15, 0.2) is 0 Å². The van der Waals surface area contributed by atoms with E-state index in [9.17, 15) is 4.79 Å². The van der Waals surface area contributed by atoms with Crippen LogP contribution in [0.4, 0.5) is 5.95 Å². The van der Waals surface area contributed by atoms with Crippen molar-refractivity contribution in [3.05, 3.63) is 12.4 Å². The molecule has 0 atom stereocenters. The minimum Gasteiger partial charge on any atom is -0.481 e. The second kappa shape index (κ2) is 5.26. The molecule has 0 saturated heterocycles. The van der Waals surface area contributed by atoms with Crippen molar-refractivity contribution in [1.29, 1.82) is 0 Å². The molecule has 5 nitrogen and oxygen atoms in total. The van der Waals surface area contributed by atoms with Crippen molar-refractivity contribution in [2.45, 2.75) is 19.3 Å². The van der Waals surface area contributed by atoms with Crippen LogP contribution in [0, 0.1) is 0 Å². The summed E-state index contributed by atoms with van der Waals surface area (Å²) in [6, 6.07) is 0. The molecule has 78 valence electrons. The molecule has 0 saturated carbocycles. The number of rotatable bonds is 6. The van der Waals surface area contributed by atoms with E-state index in [0.717, 1.165) is 18.9 Å². The molecule has 5 heteroatoms. The summed E-state index contributed by atoms with van der Waals surface area (Å²) in [5.74, 6) is 0.0855. The van der Waals surface area contributed by atoms with E-state index in [-0.39, 0.29) is 6.42 Å². The number of nitrogens with one attached hydrogen (secondary N) is 1. The van der Waals surface area contributed by atoms with Crippen LogP contribution in [0.5, 0.6) is 0 Å². The highest BCUT2D eigenvalue weighted by atomic mass is 16.4.